The summed E-state index contributed by atoms with van der Waals surface area (Å²) in [5, 5.41) is 8.15. The van der Waals surface area contributed by atoms with E-state index in [4.69, 9.17) is 14.6 Å². The van der Waals surface area contributed by atoms with Crippen LogP contribution in [0.3, 0.4) is 0 Å². The molecule has 2 aromatic rings. The number of nitrogens with one attached hydrogen (secondary N) is 1. The first kappa shape index (κ1) is 17.5. The Hall–Kier alpha value is -2.58. The molecule has 5 rings (SSSR count). The number of aromatic nitrogens is 2. The Morgan fingerprint density at radius 3 is 2.93 bits per heavy atom. The van der Waals surface area contributed by atoms with Crippen LogP contribution in [0.1, 0.15) is 23.4 Å². The van der Waals surface area contributed by atoms with E-state index < -0.39 is 0 Å². The van der Waals surface area contributed by atoms with E-state index in [1.165, 1.54) is 5.69 Å². The van der Waals surface area contributed by atoms with Gasteiger partial charge in [-0.1, -0.05) is 6.07 Å². The van der Waals surface area contributed by atoms with Crippen molar-refractivity contribution in [3.8, 4) is 11.5 Å². The Labute approximate surface area is 164 Å². The summed E-state index contributed by atoms with van der Waals surface area (Å²) in [5.41, 5.74) is 3.35. The van der Waals surface area contributed by atoms with Gasteiger partial charge in [-0.2, -0.15) is 5.10 Å². The predicted molar refractivity (Wildman–Crippen MR) is 102 cm³/mol. The summed E-state index contributed by atoms with van der Waals surface area (Å²) >= 11 is 0. The van der Waals surface area contributed by atoms with Crippen molar-refractivity contribution >= 4 is 5.91 Å². The summed E-state index contributed by atoms with van der Waals surface area (Å²) in [6.45, 7) is 6.49. The second kappa shape index (κ2) is 7.44. The van der Waals surface area contributed by atoms with Gasteiger partial charge < -0.3 is 19.7 Å². The molecule has 4 heterocycles. The Balaban J connectivity index is 1.18. The van der Waals surface area contributed by atoms with Crippen molar-refractivity contribution in [3.63, 3.8) is 0 Å². The molecule has 0 radical (unpaired) electrons. The molecule has 0 aliphatic carbocycles. The van der Waals surface area contributed by atoms with Gasteiger partial charge in [-0.25, -0.2) is 0 Å². The third kappa shape index (κ3) is 3.57. The predicted octanol–water partition coefficient (Wildman–Crippen LogP) is 0.949. The highest BCUT2D eigenvalue weighted by molar-refractivity contribution is 5.79. The topological polar surface area (TPSA) is 71.9 Å². The molecule has 0 saturated carbocycles. The van der Waals surface area contributed by atoms with E-state index in [9.17, 15) is 4.79 Å². The SMILES string of the molecule is O=C1CN(Cc2cc3n(n2)CCCNC3)CCN1Cc1ccc2c(c1)OCO2. The quantitative estimate of drug-likeness (QED) is 0.848. The van der Waals surface area contributed by atoms with Crippen LogP contribution in [0.25, 0.3) is 0 Å². The molecule has 3 aliphatic heterocycles. The number of fused-ring (bicyclic) bond motifs is 2. The van der Waals surface area contributed by atoms with Crippen LogP contribution in [0.15, 0.2) is 24.3 Å². The smallest absolute Gasteiger partial charge is 0.237 e. The Kier molecular flexibility index (Phi) is 4.66. The lowest BCUT2D eigenvalue weighted by atomic mass is 10.1. The minimum Gasteiger partial charge on any atom is -0.454 e. The fraction of sp³-hybridized carbons (Fsp3) is 0.500. The van der Waals surface area contributed by atoms with Crippen LogP contribution < -0.4 is 14.8 Å². The van der Waals surface area contributed by atoms with Gasteiger partial charge in [0.25, 0.3) is 0 Å². The highest BCUT2D eigenvalue weighted by atomic mass is 16.7. The zero-order valence-corrected chi connectivity index (χ0v) is 15.9. The molecule has 8 heteroatoms. The van der Waals surface area contributed by atoms with Crippen LogP contribution in [0.4, 0.5) is 0 Å². The van der Waals surface area contributed by atoms with Gasteiger partial charge in [-0.15, -0.1) is 0 Å². The van der Waals surface area contributed by atoms with Crippen molar-refractivity contribution in [2.24, 2.45) is 0 Å². The third-order valence-electron chi connectivity index (χ3n) is 5.54. The lowest BCUT2D eigenvalue weighted by molar-refractivity contribution is -0.136. The second-order valence-electron chi connectivity index (χ2n) is 7.59. The highest BCUT2D eigenvalue weighted by Gasteiger charge is 2.25. The zero-order valence-electron chi connectivity index (χ0n) is 15.9. The largest absolute Gasteiger partial charge is 0.454 e. The lowest BCUT2D eigenvalue weighted by Gasteiger charge is -2.34. The lowest BCUT2D eigenvalue weighted by Crippen LogP contribution is -2.49. The van der Waals surface area contributed by atoms with E-state index in [-0.39, 0.29) is 12.7 Å². The number of carbonyl (C=O) groups excluding carboxylic acids is 1. The minimum atomic E-state index is 0.159. The van der Waals surface area contributed by atoms with Gasteiger partial charge in [0, 0.05) is 39.3 Å². The van der Waals surface area contributed by atoms with Crippen molar-refractivity contribution in [2.75, 3.05) is 33.0 Å². The van der Waals surface area contributed by atoms with E-state index in [0.29, 0.717) is 13.1 Å². The first-order chi connectivity index (χ1) is 13.7. The summed E-state index contributed by atoms with van der Waals surface area (Å²) in [6, 6.07) is 8.05. The maximum absolute atomic E-state index is 12.7. The van der Waals surface area contributed by atoms with Crippen LogP contribution in [0, 0.1) is 0 Å². The van der Waals surface area contributed by atoms with Gasteiger partial charge in [0.1, 0.15) is 0 Å². The molecule has 1 N–H and O–H groups in total. The average molecular weight is 383 g/mol. The zero-order chi connectivity index (χ0) is 18.9. The fourth-order valence-corrected chi connectivity index (χ4v) is 4.05. The summed E-state index contributed by atoms with van der Waals surface area (Å²) in [6.07, 6.45) is 1.10. The number of carbonyl (C=O) groups is 1. The van der Waals surface area contributed by atoms with Crippen molar-refractivity contribution in [1.29, 1.82) is 0 Å². The van der Waals surface area contributed by atoms with E-state index in [0.717, 1.165) is 68.4 Å². The number of benzene rings is 1. The molecule has 3 aliphatic rings. The average Bonchev–Trinajstić information content (AvgIpc) is 3.24. The molecule has 1 aromatic heterocycles. The number of nitrogens with zero attached hydrogens (tertiary/aromatic N) is 4. The molecule has 28 heavy (non-hydrogen) atoms. The summed E-state index contributed by atoms with van der Waals surface area (Å²) < 4.78 is 12.9. The van der Waals surface area contributed by atoms with Gasteiger partial charge in [0.05, 0.1) is 17.9 Å². The molecule has 0 atom stereocenters. The maximum atomic E-state index is 12.7. The second-order valence-corrected chi connectivity index (χ2v) is 7.59. The van der Waals surface area contributed by atoms with E-state index in [1.54, 1.807) is 0 Å². The van der Waals surface area contributed by atoms with E-state index >= 15 is 0 Å². The number of piperazine rings is 1. The van der Waals surface area contributed by atoms with Crippen LogP contribution in [0.2, 0.25) is 0 Å². The Morgan fingerprint density at radius 1 is 1.07 bits per heavy atom. The normalized spacial score (nSPS) is 19.6. The Bertz CT molecular complexity index is 857. The monoisotopic (exact) mass is 383 g/mol. The molecule has 8 nitrogen and oxygen atoms in total. The van der Waals surface area contributed by atoms with Crippen LogP contribution in [0.5, 0.6) is 11.5 Å². The first-order valence-corrected chi connectivity index (χ1v) is 9.89. The van der Waals surface area contributed by atoms with Gasteiger partial charge in [0.15, 0.2) is 11.5 Å². The summed E-state index contributed by atoms with van der Waals surface area (Å²) in [5.74, 6) is 1.69. The molecule has 0 spiro atoms. The fourth-order valence-electron chi connectivity index (χ4n) is 4.05. The summed E-state index contributed by atoms with van der Waals surface area (Å²) in [4.78, 5) is 16.8. The number of aryl methyl sites for hydroxylation is 1. The molecule has 1 amide bonds. The van der Waals surface area contributed by atoms with Crippen molar-refractivity contribution in [3.05, 3.63) is 41.2 Å². The van der Waals surface area contributed by atoms with Crippen LogP contribution in [-0.4, -0.2) is 58.5 Å². The summed E-state index contributed by atoms with van der Waals surface area (Å²) in [7, 11) is 0. The number of ether oxygens (including phenoxy) is 2. The standard InChI is InChI=1S/C20H25N5O3/c26-20-13-23(12-16-9-17-10-21-4-1-5-25(17)22-16)6-7-24(20)11-15-2-3-18-19(8-15)28-14-27-18/h2-3,8-9,21H,1,4-7,10-14H2. The number of rotatable bonds is 4. The van der Waals surface area contributed by atoms with Crippen molar-refractivity contribution in [1.82, 2.24) is 24.9 Å². The molecule has 1 aromatic carbocycles. The molecule has 0 bridgehead atoms. The van der Waals surface area contributed by atoms with Gasteiger partial charge in [0.2, 0.25) is 12.7 Å². The minimum absolute atomic E-state index is 0.159. The van der Waals surface area contributed by atoms with E-state index in [1.807, 2.05) is 23.1 Å². The number of hydrogen-bond acceptors (Lipinski definition) is 6. The molecule has 1 fully saturated rings. The van der Waals surface area contributed by atoms with Crippen molar-refractivity contribution < 1.29 is 14.3 Å². The molecule has 148 valence electrons. The molecular formula is C20H25N5O3. The van der Waals surface area contributed by atoms with E-state index in [2.05, 4.69) is 21.0 Å². The van der Waals surface area contributed by atoms with Crippen LogP contribution in [-0.2, 0) is 31.0 Å². The molecule has 0 unspecified atom stereocenters. The van der Waals surface area contributed by atoms with Gasteiger partial charge >= 0.3 is 0 Å². The third-order valence-corrected chi connectivity index (χ3v) is 5.54. The van der Waals surface area contributed by atoms with Crippen LogP contribution >= 0.6 is 0 Å². The highest BCUT2D eigenvalue weighted by Crippen LogP contribution is 2.32. The number of hydrogen-bond donors (Lipinski definition) is 1. The van der Waals surface area contributed by atoms with Gasteiger partial charge in [-0.3, -0.25) is 14.4 Å². The molecule has 1 saturated heterocycles. The number of amides is 1. The van der Waals surface area contributed by atoms with Gasteiger partial charge in [-0.05, 0) is 36.7 Å². The van der Waals surface area contributed by atoms with Crippen molar-refractivity contribution in [2.45, 2.75) is 32.6 Å². The maximum Gasteiger partial charge on any atom is 0.237 e. The first-order valence-electron chi connectivity index (χ1n) is 9.89. The molecular weight excluding hydrogens is 358 g/mol. The Morgan fingerprint density at radius 2 is 2.00 bits per heavy atom.